The normalized spacial score (nSPS) is 38.8. The van der Waals surface area contributed by atoms with E-state index in [1.165, 1.54) is 50.5 Å². The molecule has 0 aromatic heterocycles. The summed E-state index contributed by atoms with van der Waals surface area (Å²) in [4.78, 5) is 0. The molecule has 5 atom stereocenters. The first-order chi connectivity index (χ1) is 16.0. The maximum Gasteiger partial charge on any atom is 0.147 e. The average Bonchev–Trinajstić information content (AvgIpc) is 3.43. The van der Waals surface area contributed by atoms with E-state index in [0.29, 0.717) is 36.3 Å². The number of fused-ring (bicyclic) bond motifs is 3. The third-order valence-corrected chi connectivity index (χ3v) is 9.38. The molecule has 4 unspecified atom stereocenters. The quantitative estimate of drug-likeness (QED) is 0.461. The molecule has 2 saturated heterocycles. The monoisotopic (exact) mass is 463 g/mol. The summed E-state index contributed by atoms with van der Waals surface area (Å²) in [5, 5.41) is 3.42. The van der Waals surface area contributed by atoms with Crippen LogP contribution >= 0.6 is 0 Å². The molecule has 33 heavy (non-hydrogen) atoms. The van der Waals surface area contributed by atoms with Gasteiger partial charge in [0.2, 0.25) is 0 Å². The van der Waals surface area contributed by atoms with Gasteiger partial charge in [0, 0.05) is 12.0 Å². The number of allylic oxidation sites excluding steroid dienone is 1. The second-order valence-electron chi connectivity index (χ2n) is 11.4. The van der Waals surface area contributed by atoms with E-state index < -0.39 is 0 Å². The van der Waals surface area contributed by atoms with E-state index in [1.54, 1.807) is 0 Å². The Bertz CT molecular complexity index is 578. The number of nitrogens with one attached hydrogen (secondary N) is 1. The summed E-state index contributed by atoms with van der Waals surface area (Å²) in [6.07, 6.45) is 16.5. The van der Waals surface area contributed by atoms with Crippen LogP contribution in [0.3, 0.4) is 0 Å². The van der Waals surface area contributed by atoms with E-state index in [9.17, 15) is 0 Å². The van der Waals surface area contributed by atoms with Gasteiger partial charge < -0.3 is 19.5 Å². The second kappa shape index (κ2) is 13.0. The number of hydrogen-bond acceptors (Lipinski definition) is 4. The van der Waals surface area contributed by atoms with E-state index >= 15 is 0 Å². The molecule has 3 aliphatic carbocycles. The van der Waals surface area contributed by atoms with Crippen LogP contribution < -0.4 is 5.32 Å². The summed E-state index contributed by atoms with van der Waals surface area (Å²) in [7, 11) is 0. The van der Waals surface area contributed by atoms with Crippen molar-refractivity contribution in [3.05, 3.63) is 12.2 Å². The first kappa shape index (κ1) is 27.2. The van der Waals surface area contributed by atoms with Crippen LogP contribution in [0.25, 0.3) is 0 Å². The predicted molar refractivity (Wildman–Crippen MR) is 137 cm³/mol. The first-order valence-corrected chi connectivity index (χ1v) is 14.2. The molecule has 4 heteroatoms. The van der Waals surface area contributed by atoms with Crippen molar-refractivity contribution in [1.29, 1.82) is 0 Å². The van der Waals surface area contributed by atoms with Crippen molar-refractivity contribution < 1.29 is 14.2 Å². The van der Waals surface area contributed by atoms with Crippen LogP contribution in [0.2, 0.25) is 0 Å². The van der Waals surface area contributed by atoms with Crippen molar-refractivity contribution in [3.63, 3.8) is 0 Å². The molecule has 192 valence electrons. The molecule has 0 bridgehead atoms. The van der Waals surface area contributed by atoms with Gasteiger partial charge in [-0.2, -0.15) is 0 Å². The Labute approximate surface area is 204 Å². The smallest absolute Gasteiger partial charge is 0.147 e. The lowest BCUT2D eigenvalue weighted by molar-refractivity contribution is -0.260. The minimum Gasteiger partial charge on any atom is -0.378 e. The number of rotatable bonds is 4. The van der Waals surface area contributed by atoms with Gasteiger partial charge in [-0.15, -0.1) is 0 Å². The summed E-state index contributed by atoms with van der Waals surface area (Å²) in [5.74, 6) is 1.23. The van der Waals surface area contributed by atoms with Crippen LogP contribution in [-0.2, 0) is 14.2 Å². The summed E-state index contributed by atoms with van der Waals surface area (Å²) in [6, 6.07) is 0. The van der Waals surface area contributed by atoms with Gasteiger partial charge in [0.1, 0.15) is 6.79 Å². The highest BCUT2D eigenvalue weighted by atomic mass is 16.7. The topological polar surface area (TPSA) is 39.7 Å². The zero-order valence-corrected chi connectivity index (χ0v) is 22.3. The van der Waals surface area contributed by atoms with Crippen molar-refractivity contribution in [2.75, 3.05) is 33.1 Å². The van der Waals surface area contributed by atoms with Crippen LogP contribution in [0.15, 0.2) is 12.2 Å². The maximum absolute atomic E-state index is 6.26. The van der Waals surface area contributed by atoms with Crippen LogP contribution in [0.1, 0.15) is 105 Å². The Balaban J connectivity index is 0.000000381. The van der Waals surface area contributed by atoms with Gasteiger partial charge in [0.25, 0.3) is 0 Å². The van der Waals surface area contributed by atoms with Gasteiger partial charge in [-0.05, 0) is 75.3 Å². The average molecular weight is 464 g/mol. The lowest BCUT2D eigenvalue weighted by Gasteiger charge is -2.62. The zero-order chi connectivity index (χ0) is 23.7. The van der Waals surface area contributed by atoms with Crippen LogP contribution in [0, 0.1) is 22.7 Å². The standard InChI is InChI=1S/C22H37NO3.C5H10.C2H6/c1-16-4-5-19-21(2,10-6-20-22(19,3)14-24-15-26-20)18(16)9-13-25-17-7-11-23-12-8-17;1-2-4-5-3-1;1-2/h17-20,23H,1,4-15H2,2-3H3;1-5H2;1-2H3/t18?,19?,20?,21?,22-;;/m0../s1. The van der Waals surface area contributed by atoms with E-state index in [2.05, 4.69) is 25.7 Å². The Morgan fingerprint density at radius 1 is 0.970 bits per heavy atom. The van der Waals surface area contributed by atoms with E-state index in [4.69, 9.17) is 14.2 Å². The van der Waals surface area contributed by atoms with Gasteiger partial charge in [-0.25, -0.2) is 0 Å². The molecule has 2 aliphatic heterocycles. The molecule has 5 aliphatic rings. The van der Waals surface area contributed by atoms with Crippen molar-refractivity contribution >= 4 is 0 Å². The van der Waals surface area contributed by atoms with Crippen molar-refractivity contribution in [2.24, 2.45) is 22.7 Å². The van der Waals surface area contributed by atoms with Crippen LogP contribution in [0.4, 0.5) is 0 Å². The molecule has 0 radical (unpaired) electrons. The number of hydrogen-bond donors (Lipinski definition) is 1. The first-order valence-electron chi connectivity index (χ1n) is 14.2. The van der Waals surface area contributed by atoms with Crippen LogP contribution in [-0.4, -0.2) is 45.3 Å². The molecule has 3 saturated carbocycles. The summed E-state index contributed by atoms with van der Waals surface area (Å²) >= 11 is 0. The minimum atomic E-state index is 0.153. The Morgan fingerprint density at radius 2 is 1.64 bits per heavy atom. The SMILES string of the molecule is C1CCCC1.C=C1CCC2C(C)(CCC3OCOC[C@]32C)C1CCOC1CCNCC1.CC. The maximum atomic E-state index is 6.26. The third-order valence-electron chi connectivity index (χ3n) is 9.38. The fraction of sp³-hybridized carbons (Fsp3) is 0.931. The third kappa shape index (κ3) is 6.42. The molecule has 0 aromatic rings. The van der Waals surface area contributed by atoms with Gasteiger partial charge >= 0.3 is 0 Å². The number of piperidine rings is 1. The summed E-state index contributed by atoms with van der Waals surface area (Å²) in [6.45, 7) is 17.8. The van der Waals surface area contributed by atoms with Gasteiger partial charge in [-0.1, -0.05) is 72.0 Å². The second-order valence-corrected chi connectivity index (χ2v) is 11.4. The lowest BCUT2D eigenvalue weighted by Crippen LogP contribution is -2.60. The van der Waals surface area contributed by atoms with Crippen LogP contribution in [0.5, 0.6) is 0 Å². The highest BCUT2D eigenvalue weighted by Gasteiger charge is 2.59. The fourth-order valence-corrected chi connectivity index (χ4v) is 7.56. The van der Waals surface area contributed by atoms with Gasteiger partial charge in [0.05, 0.1) is 18.8 Å². The molecule has 0 amide bonds. The van der Waals surface area contributed by atoms with Crippen molar-refractivity contribution in [1.82, 2.24) is 5.32 Å². The lowest BCUT2D eigenvalue weighted by atomic mass is 9.46. The summed E-state index contributed by atoms with van der Waals surface area (Å²) in [5.41, 5.74) is 1.92. The van der Waals surface area contributed by atoms with E-state index in [0.717, 1.165) is 58.4 Å². The van der Waals surface area contributed by atoms with Gasteiger partial charge in [0.15, 0.2) is 0 Å². The molecule has 5 fully saturated rings. The fourth-order valence-electron chi connectivity index (χ4n) is 7.56. The van der Waals surface area contributed by atoms with E-state index in [-0.39, 0.29) is 5.41 Å². The Morgan fingerprint density at radius 3 is 2.30 bits per heavy atom. The molecule has 1 N–H and O–H groups in total. The molecule has 0 aromatic carbocycles. The molecule has 2 heterocycles. The van der Waals surface area contributed by atoms with Crippen molar-refractivity contribution in [2.45, 2.75) is 117 Å². The van der Waals surface area contributed by atoms with Crippen molar-refractivity contribution in [3.8, 4) is 0 Å². The molecule has 4 nitrogen and oxygen atoms in total. The number of ether oxygens (including phenoxy) is 3. The molecular formula is C29H53NO3. The highest BCUT2D eigenvalue weighted by molar-refractivity contribution is 5.17. The highest BCUT2D eigenvalue weighted by Crippen LogP contribution is 2.62. The predicted octanol–water partition coefficient (Wildman–Crippen LogP) is 6.88. The largest absolute Gasteiger partial charge is 0.378 e. The Hall–Kier alpha value is -0.420. The molecular weight excluding hydrogens is 410 g/mol. The summed E-state index contributed by atoms with van der Waals surface area (Å²) < 4.78 is 18.1. The zero-order valence-electron chi connectivity index (χ0n) is 22.3. The Kier molecular flexibility index (Phi) is 10.7. The molecule has 0 spiro atoms. The molecule has 5 rings (SSSR count). The minimum absolute atomic E-state index is 0.153. The van der Waals surface area contributed by atoms with E-state index in [1.807, 2.05) is 13.8 Å². The van der Waals surface area contributed by atoms with Gasteiger partial charge in [-0.3, -0.25) is 0 Å².